The lowest BCUT2D eigenvalue weighted by Gasteiger charge is -2.13. The number of hydrogen-bond donors (Lipinski definition) is 1. The zero-order valence-electron chi connectivity index (χ0n) is 17.2. The number of hydrogen-bond acceptors (Lipinski definition) is 4. The van der Waals surface area contributed by atoms with Crippen molar-refractivity contribution in [2.24, 2.45) is 0 Å². The van der Waals surface area contributed by atoms with E-state index in [4.69, 9.17) is 11.6 Å². The first-order valence-corrected chi connectivity index (χ1v) is 10.9. The Balaban J connectivity index is 1.78. The molecule has 158 valence electrons. The Bertz CT molecular complexity index is 1450. The van der Waals surface area contributed by atoms with Gasteiger partial charge in [-0.3, -0.25) is 14.2 Å². The molecule has 2 aromatic heterocycles. The highest BCUT2D eigenvalue weighted by Gasteiger charge is 2.18. The summed E-state index contributed by atoms with van der Waals surface area (Å²) in [5.74, 6) is -0.389. The normalized spacial score (nSPS) is 11.1. The van der Waals surface area contributed by atoms with Crippen LogP contribution in [0.2, 0.25) is 5.02 Å². The topological polar surface area (TPSA) is 73.1 Å². The molecule has 0 radical (unpaired) electrons. The van der Waals surface area contributed by atoms with E-state index >= 15 is 0 Å². The molecule has 0 saturated carbocycles. The van der Waals surface area contributed by atoms with E-state index in [2.05, 4.69) is 5.32 Å². The van der Waals surface area contributed by atoms with Crippen LogP contribution >= 0.6 is 22.9 Å². The van der Waals surface area contributed by atoms with Crippen LogP contribution in [0, 0.1) is 20.8 Å². The van der Waals surface area contributed by atoms with Gasteiger partial charge >= 0.3 is 5.69 Å². The van der Waals surface area contributed by atoms with Gasteiger partial charge in [0, 0.05) is 10.7 Å². The van der Waals surface area contributed by atoms with Crippen molar-refractivity contribution >= 4 is 44.7 Å². The molecule has 0 fully saturated rings. The fourth-order valence-corrected chi connectivity index (χ4v) is 4.35. The molecule has 0 aliphatic carbocycles. The molecule has 0 atom stereocenters. The van der Waals surface area contributed by atoms with Gasteiger partial charge in [0.05, 0.1) is 11.2 Å². The van der Waals surface area contributed by atoms with E-state index < -0.39 is 5.69 Å². The number of fused-ring (bicyclic) bond motifs is 1. The maximum atomic E-state index is 13.3. The second-order valence-corrected chi connectivity index (χ2v) is 8.75. The van der Waals surface area contributed by atoms with Crippen LogP contribution in [0.15, 0.2) is 57.4 Å². The molecule has 0 unspecified atom stereocenters. The summed E-state index contributed by atoms with van der Waals surface area (Å²) in [6.07, 6.45) is 0. The summed E-state index contributed by atoms with van der Waals surface area (Å²) >= 11 is 7.38. The number of carbonyl (C=O) groups excluding carboxylic acids is 1. The first-order chi connectivity index (χ1) is 14.8. The van der Waals surface area contributed by atoms with Gasteiger partial charge in [-0.15, -0.1) is 11.3 Å². The molecular weight excluding hydrogens is 434 g/mol. The zero-order chi connectivity index (χ0) is 22.3. The van der Waals surface area contributed by atoms with Crippen molar-refractivity contribution in [2.75, 3.05) is 5.32 Å². The number of benzene rings is 2. The summed E-state index contributed by atoms with van der Waals surface area (Å²) in [6.45, 7) is 5.52. The van der Waals surface area contributed by atoms with Gasteiger partial charge < -0.3 is 5.32 Å². The maximum Gasteiger partial charge on any atom is 0.336 e. The van der Waals surface area contributed by atoms with Crippen LogP contribution in [0.3, 0.4) is 0 Å². The molecule has 31 heavy (non-hydrogen) atoms. The van der Waals surface area contributed by atoms with Crippen LogP contribution in [-0.2, 0) is 11.3 Å². The molecular formula is C23H20ClN3O3S. The second-order valence-electron chi connectivity index (χ2n) is 7.42. The molecule has 1 amide bonds. The molecule has 0 bridgehead atoms. The predicted octanol–water partition coefficient (Wildman–Crippen LogP) is 4.43. The van der Waals surface area contributed by atoms with E-state index in [1.165, 1.54) is 15.9 Å². The zero-order valence-corrected chi connectivity index (χ0v) is 18.8. The summed E-state index contributed by atoms with van der Waals surface area (Å²) in [7, 11) is 0. The van der Waals surface area contributed by atoms with Gasteiger partial charge in [0.25, 0.3) is 5.56 Å². The van der Waals surface area contributed by atoms with Crippen LogP contribution < -0.4 is 16.6 Å². The van der Waals surface area contributed by atoms with Crippen molar-refractivity contribution in [3.05, 3.63) is 90.4 Å². The summed E-state index contributed by atoms with van der Waals surface area (Å²) in [5, 5.41) is 5.05. The molecule has 0 spiro atoms. The molecule has 0 aliphatic rings. The Hall–Kier alpha value is -3.16. The van der Waals surface area contributed by atoms with Crippen LogP contribution in [0.5, 0.6) is 0 Å². The highest BCUT2D eigenvalue weighted by Crippen LogP contribution is 2.21. The smallest absolute Gasteiger partial charge is 0.324 e. The summed E-state index contributed by atoms with van der Waals surface area (Å²) in [5.41, 5.74) is 3.44. The minimum Gasteiger partial charge on any atom is -0.324 e. The molecule has 2 aromatic carbocycles. The number of carbonyl (C=O) groups is 1. The number of anilines is 1. The fraction of sp³-hybridized carbons (Fsp3) is 0.174. The quantitative estimate of drug-likeness (QED) is 0.496. The number of rotatable bonds is 4. The number of aryl methyl sites for hydroxylation is 3. The van der Waals surface area contributed by atoms with E-state index in [9.17, 15) is 14.4 Å². The van der Waals surface area contributed by atoms with Crippen molar-refractivity contribution in [2.45, 2.75) is 27.3 Å². The third-order valence-corrected chi connectivity index (χ3v) is 6.56. The predicted molar refractivity (Wildman–Crippen MR) is 126 cm³/mol. The first-order valence-electron chi connectivity index (χ1n) is 9.63. The standard InChI is InChI=1S/C23H20ClN3O3S/c1-13-5-7-17(10-15(13)3)27-22(29)21-19(8-9-31-21)26(23(27)30)12-20(28)25-16-6-4-14(2)18(24)11-16/h4-11H,12H2,1-3H3,(H,25,28). The molecule has 4 rings (SSSR count). The van der Waals surface area contributed by atoms with Crippen LogP contribution in [0.25, 0.3) is 15.9 Å². The number of amides is 1. The Morgan fingerprint density at radius 2 is 1.74 bits per heavy atom. The Labute approximate surface area is 187 Å². The highest BCUT2D eigenvalue weighted by molar-refractivity contribution is 7.17. The molecule has 2 heterocycles. The highest BCUT2D eigenvalue weighted by atomic mass is 35.5. The number of nitrogens with zero attached hydrogens (tertiary/aromatic N) is 2. The molecule has 0 aliphatic heterocycles. The number of thiophene rings is 1. The van der Waals surface area contributed by atoms with Crippen molar-refractivity contribution in [1.82, 2.24) is 9.13 Å². The van der Waals surface area contributed by atoms with Gasteiger partial charge in [0.2, 0.25) is 5.91 Å². The Morgan fingerprint density at radius 3 is 2.45 bits per heavy atom. The van der Waals surface area contributed by atoms with Gasteiger partial charge in [-0.1, -0.05) is 23.7 Å². The van der Waals surface area contributed by atoms with Gasteiger partial charge in [-0.05, 0) is 73.2 Å². The van der Waals surface area contributed by atoms with Gasteiger partial charge in [-0.2, -0.15) is 0 Å². The Morgan fingerprint density at radius 1 is 1.00 bits per heavy atom. The second kappa shape index (κ2) is 8.17. The van der Waals surface area contributed by atoms with Crippen LogP contribution in [0.1, 0.15) is 16.7 Å². The number of halogens is 1. The maximum absolute atomic E-state index is 13.3. The Kier molecular flexibility index (Phi) is 5.56. The average molecular weight is 454 g/mol. The molecule has 6 nitrogen and oxygen atoms in total. The SMILES string of the molecule is Cc1ccc(-n2c(=O)c3sccc3n(CC(=O)Nc3ccc(C)c(Cl)c3)c2=O)cc1C. The van der Waals surface area contributed by atoms with E-state index in [-0.39, 0.29) is 18.0 Å². The third-order valence-electron chi connectivity index (χ3n) is 5.26. The summed E-state index contributed by atoms with van der Waals surface area (Å²) in [4.78, 5) is 39.1. The molecule has 8 heteroatoms. The lowest BCUT2D eigenvalue weighted by molar-refractivity contribution is -0.116. The average Bonchev–Trinajstić information content (AvgIpc) is 3.21. The van der Waals surface area contributed by atoms with E-state index in [0.717, 1.165) is 21.3 Å². The minimum absolute atomic E-state index is 0.233. The number of aromatic nitrogens is 2. The minimum atomic E-state index is -0.559. The third kappa shape index (κ3) is 3.94. The molecule has 1 N–H and O–H groups in total. The van der Waals surface area contributed by atoms with E-state index in [1.807, 2.05) is 26.8 Å². The van der Waals surface area contributed by atoms with E-state index in [1.54, 1.807) is 41.8 Å². The van der Waals surface area contributed by atoms with E-state index in [0.29, 0.717) is 26.6 Å². The monoisotopic (exact) mass is 453 g/mol. The van der Waals surface area contributed by atoms with Crippen LogP contribution in [-0.4, -0.2) is 15.0 Å². The summed E-state index contributed by atoms with van der Waals surface area (Å²) in [6, 6.07) is 12.3. The lowest BCUT2D eigenvalue weighted by atomic mass is 10.1. The first kappa shape index (κ1) is 21.1. The van der Waals surface area contributed by atoms with Gasteiger partial charge in [-0.25, -0.2) is 9.36 Å². The van der Waals surface area contributed by atoms with Crippen LogP contribution in [0.4, 0.5) is 5.69 Å². The largest absolute Gasteiger partial charge is 0.336 e. The van der Waals surface area contributed by atoms with Gasteiger partial charge in [0.15, 0.2) is 0 Å². The lowest BCUT2D eigenvalue weighted by Crippen LogP contribution is -2.40. The van der Waals surface area contributed by atoms with Crippen molar-refractivity contribution in [3.8, 4) is 5.69 Å². The van der Waals surface area contributed by atoms with Crippen molar-refractivity contribution < 1.29 is 4.79 Å². The fourth-order valence-electron chi connectivity index (χ4n) is 3.35. The molecule has 4 aromatic rings. The molecule has 0 saturated heterocycles. The van der Waals surface area contributed by atoms with Crippen molar-refractivity contribution in [3.63, 3.8) is 0 Å². The summed E-state index contributed by atoms with van der Waals surface area (Å²) < 4.78 is 2.87. The van der Waals surface area contributed by atoms with Crippen molar-refractivity contribution in [1.29, 1.82) is 0 Å². The van der Waals surface area contributed by atoms with Gasteiger partial charge in [0.1, 0.15) is 11.2 Å². The number of nitrogens with one attached hydrogen (secondary N) is 1.